The molecule has 0 radical (unpaired) electrons. The van der Waals surface area contributed by atoms with Crippen molar-refractivity contribution in [1.29, 1.82) is 0 Å². The second kappa shape index (κ2) is 4.03. The van der Waals surface area contributed by atoms with E-state index in [1.807, 2.05) is 42.5 Å². The molecule has 2 rings (SSSR count). The molecule has 0 amide bonds. The minimum Gasteiger partial charge on any atom is -0.390 e. The molecule has 70 valence electrons. The lowest BCUT2D eigenvalue weighted by Crippen LogP contribution is -1.88. The number of pyridine rings is 1. The van der Waals surface area contributed by atoms with E-state index < -0.39 is 0 Å². The van der Waals surface area contributed by atoms with Gasteiger partial charge in [0.25, 0.3) is 0 Å². The Labute approximate surface area is 82.9 Å². The Kier molecular flexibility index (Phi) is 2.56. The van der Waals surface area contributed by atoms with Crippen LogP contribution in [0.3, 0.4) is 0 Å². The molecule has 0 aliphatic carbocycles. The summed E-state index contributed by atoms with van der Waals surface area (Å²) in [7, 11) is 0. The van der Waals surface area contributed by atoms with E-state index >= 15 is 0 Å². The Balaban J connectivity index is 2.34. The molecule has 2 aromatic rings. The summed E-state index contributed by atoms with van der Waals surface area (Å²) in [4.78, 5) is 4.12. The topological polar surface area (TPSA) is 33.1 Å². The third-order valence-corrected chi connectivity index (χ3v) is 2.09. The van der Waals surface area contributed by atoms with Crippen LogP contribution in [0.4, 0.5) is 0 Å². The Bertz CT molecular complexity index is 394. The second-order valence-corrected chi connectivity index (χ2v) is 3.06. The highest BCUT2D eigenvalue weighted by Crippen LogP contribution is 2.17. The molecule has 0 fully saturated rings. The zero-order chi connectivity index (χ0) is 9.80. The van der Waals surface area contributed by atoms with Crippen molar-refractivity contribution < 1.29 is 5.11 Å². The van der Waals surface area contributed by atoms with Gasteiger partial charge < -0.3 is 5.11 Å². The summed E-state index contributed by atoms with van der Waals surface area (Å²) >= 11 is 0. The van der Waals surface area contributed by atoms with Crippen molar-refractivity contribution in [2.75, 3.05) is 0 Å². The summed E-state index contributed by atoms with van der Waals surface area (Å²) in [5.41, 5.74) is 2.91. The van der Waals surface area contributed by atoms with Crippen molar-refractivity contribution in [2.24, 2.45) is 0 Å². The van der Waals surface area contributed by atoms with E-state index in [2.05, 4.69) is 4.98 Å². The van der Waals surface area contributed by atoms with Crippen LogP contribution in [0.2, 0.25) is 0 Å². The third kappa shape index (κ3) is 1.80. The molecular formula is C12H11NO. The van der Waals surface area contributed by atoms with Crippen molar-refractivity contribution in [3.8, 4) is 11.1 Å². The number of aliphatic hydroxyl groups excluding tert-OH is 1. The highest BCUT2D eigenvalue weighted by atomic mass is 16.3. The first-order valence-corrected chi connectivity index (χ1v) is 4.51. The number of nitrogens with zero attached hydrogens (tertiary/aromatic N) is 1. The van der Waals surface area contributed by atoms with Gasteiger partial charge in [0.05, 0.1) is 12.3 Å². The number of hydrogen-bond acceptors (Lipinski definition) is 2. The molecule has 0 saturated carbocycles. The van der Waals surface area contributed by atoms with E-state index in [1.54, 1.807) is 6.20 Å². The van der Waals surface area contributed by atoms with Crippen molar-refractivity contribution in [3.63, 3.8) is 0 Å². The second-order valence-electron chi connectivity index (χ2n) is 3.06. The maximum atomic E-state index is 8.84. The van der Waals surface area contributed by atoms with Gasteiger partial charge in [-0.15, -0.1) is 0 Å². The number of aliphatic hydroxyl groups is 1. The maximum Gasteiger partial charge on any atom is 0.0852 e. The van der Waals surface area contributed by atoms with Crippen LogP contribution in [0.15, 0.2) is 48.7 Å². The lowest BCUT2D eigenvalue weighted by atomic mass is 10.1. The molecule has 14 heavy (non-hydrogen) atoms. The monoisotopic (exact) mass is 185 g/mol. The van der Waals surface area contributed by atoms with Crippen LogP contribution in [0.5, 0.6) is 0 Å². The van der Waals surface area contributed by atoms with Crippen molar-refractivity contribution in [1.82, 2.24) is 4.98 Å². The average molecular weight is 185 g/mol. The Morgan fingerprint density at radius 1 is 0.929 bits per heavy atom. The zero-order valence-electron chi connectivity index (χ0n) is 7.72. The summed E-state index contributed by atoms with van der Waals surface area (Å²) in [5, 5.41) is 8.84. The average Bonchev–Trinajstić information content (AvgIpc) is 2.30. The van der Waals surface area contributed by atoms with Crippen LogP contribution in [-0.2, 0) is 6.61 Å². The Morgan fingerprint density at radius 2 is 1.71 bits per heavy atom. The molecule has 1 aromatic heterocycles. The van der Waals surface area contributed by atoms with Crippen molar-refractivity contribution in [3.05, 3.63) is 54.4 Å². The lowest BCUT2D eigenvalue weighted by molar-refractivity contribution is 0.277. The first-order chi connectivity index (χ1) is 6.90. The highest BCUT2D eigenvalue weighted by molar-refractivity contribution is 5.62. The van der Waals surface area contributed by atoms with E-state index in [0.29, 0.717) is 5.69 Å². The summed E-state index contributed by atoms with van der Waals surface area (Å²) in [6.07, 6.45) is 1.78. The van der Waals surface area contributed by atoms with Gasteiger partial charge in [-0.05, 0) is 11.6 Å². The normalized spacial score (nSPS) is 10.1. The van der Waals surface area contributed by atoms with Gasteiger partial charge >= 0.3 is 0 Å². The fourth-order valence-electron chi connectivity index (χ4n) is 1.32. The minimum atomic E-state index is -0.00489. The van der Waals surface area contributed by atoms with Gasteiger partial charge in [-0.3, -0.25) is 4.98 Å². The van der Waals surface area contributed by atoms with Crippen LogP contribution in [0.1, 0.15) is 5.69 Å². The lowest BCUT2D eigenvalue weighted by Gasteiger charge is -2.01. The van der Waals surface area contributed by atoms with Gasteiger partial charge in [0.1, 0.15) is 0 Å². The molecular weight excluding hydrogens is 174 g/mol. The van der Waals surface area contributed by atoms with Gasteiger partial charge in [0.15, 0.2) is 0 Å². The number of rotatable bonds is 2. The number of benzene rings is 1. The number of hydrogen-bond donors (Lipinski definition) is 1. The Hall–Kier alpha value is -1.67. The Morgan fingerprint density at radius 3 is 2.29 bits per heavy atom. The van der Waals surface area contributed by atoms with Crippen LogP contribution < -0.4 is 0 Å². The van der Waals surface area contributed by atoms with Crippen molar-refractivity contribution >= 4 is 0 Å². The summed E-state index contributed by atoms with van der Waals surface area (Å²) in [5.74, 6) is 0. The molecule has 0 unspecified atom stereocenters. The van der Waals surface area contributed by atoms with Crippen molar-refractivity contribution in [2.45, 2.75) is 6.61 Å². The van der Waals surface area contributed by atoms with Gasteiger partial charge in [-0.2, -0.15) is 0 Å². The fraction of sp³-hybridized carbons (Fsp3) is 0.0833. The number of aromatic nitrogens is 1. The molecule has 0 aliphatic rings. The zero-order valence-corrected chi connectivity index (χ0v) is 7.72. The summed E-state index contributed by atoms with van der Waals surface area (Å²) in [6.45, 7) is -0.00489. The fourth-order valence-corrected chi connectivity index (χ4v) is 1.32. The van der Waals surface area contributed by atoms with Gasteiger partial charge in [-0.25, -0.2) is 0 Å². The molecule has 0 aliphatic heterocycles. The third-order valence-electron chi connectivity index (χ3n) is 2.09. The largest absolute Gasteiger partial charge is 0.390 e. The molecule has 0 spiro atoms. The molecule has 0 saturated heterocycles. The minimum absolute atomic E-state index is 0.00489. The molecule has 1 N–H and O–H groups in total. The standard InChI is InChI=1S/C12H11NO/c14-9-12-7-6-11(8-13-12)10-4-2-1-3-5-10/h1-8,14H,9H2. The highest BCUT2D eigenvalue weighted by Gasteiger charge is 1.96. The maximum absolute atomic E-state index is 8.84. The summed E-state index contributed by atoms with van der Waals surface area (Å²) < 4.78 is 0. The molecule has 1 aromatic carbocycles. The van der Waals surface area contributed by atoms with E-state index in [4.69, 9.17) is 5.11 Å². The van der Waals surface area contributed by atoms with E-state index in [9.17, 15) is 0 Å². The van der Waals surface area contributed by atoms with E-state index in [0.717, 1.165) is 11.1 Å². The first kappa shape index (κ1) is 8.91. The predicted octanol–water partition coefficient (Wildman–Crippen LogP) is 2.24. The first-order valence-electron chi connectivity index (χ1n) is 4.51. The van der Waals surface area contributed by atoms with Crippen LogP contribution in [-0.4, -0.2) is 10.1 Å². The van der Waals surface area contributed by atoms with Crippen LogP contribution in [0.25, 0.3) is 11.1 Å². The van der Waals surface area contributed by atoms with Gasteiger partial charge in [-0.1, -0.05) is 36.4 Å². The van der Waals surface area contributed by atoms with E-state index in [-0.39, 0.29) is 6.61 Å². The molecule has 1 heterocycles. The summed E-state index contributed by atoms with van der Waals surface area (Å²) in [6, 6.07) is 13.9. The smallest absolute Gasteiger partial charge is 0.0852 e. The van der Waals surface area contributed by atoms with Gasteiger partial charge in [0.2, 0.25) is 0 Å². The van der Waals surface area contributed by atoms with Gasteiger partial charge in [0, 0.05) is 11.8 Å². The quantitative estimate of drug-likeness (QED) is 0.778. The molecule has 2 heteroatoms. The molecule has 2 nitrogen and oxygen atoms in total. The molecule has 0 bridgehead atoms. The van der Waals surface area contributed by atoms with Crippen LogP contribution >= 0.6 is 0 Å². The molecule has 0 atom stereocenters. The van der Waals surface area contributed by atoms with Crippen LogP contribution in [0, 0.1) is 0 Å². The van der Waals surface area contributed by atoms with E-state index in [1.165, 1.54) is 0 Å². The SMILES string of the molecule is OCc1ccc(-c2ccccc2)cn1. The predicted molar refractivity (Wildman–Crippen MR) is 55.6 cm³/mol.